The molecule has 0 aromatic carbocycles. The molecule has 0 bridgehead atoms. The van der Waals surface area contributed by atoms with E-state index < -0.39 is 8.32 Å². The quantitative estimate of drug-likeness (QED) is 0.506. The predicted octanol–water partition coefficient (Wildman–Crippen LogP) is 2.73. The number of hydrogen-bond donors (Lipinski definition) is 1. The van der Waals surface area contributed by atoms with Crippen LogP contribution in [0.15, 0.2) is 18.5 Å². The molecular formula is C24H37N5O3Si2. The molecule has 2 atom stereocenters. The number of pyridine rings is 1. The fourth-order valence-electron chi connectivity index (χ4n) is 4.88. The van der Waals surface area contributed by atoms with E-state index in [9.17, 15) is 9.59 Å². The van der Waals surface area contributed by atoms with Crippen molar-refractivity contribution in [1.29, 1.82) is 0 Å². The third-order valence-electron chi connectivity index (χ3n) is 8.12. The highest BCUT2D eigenvalue weighted by Crippen LogP contribution is 2.44. The Kier molecular flexibility index (Phi) is 5.40. The SMILES string of the molecule is CN1C(=O)CN(c2cc(C3CC3)cn3cc([C@H]4C[C@]([SiH3])(O[Si](C)(C)C(C)(C)C)CN4)nc23)C1=O. The van der Waals surface area contributed by atoms with Crippen molar-refractivity contribution in [3.8, 4) is 0 Å². The maximum atomic E-state index is 12.8. The van der Waals surface area contributed by atoms with Gasteiger partial charge in [-0.1, -0.05) is 20.8 Å². The standard InChI is InChI=1S/C24H37N5O3Si2/c1-23(2,3)34(5,6)32-24(33)10-17(25-14-24)18-12-28-11-16(15-7-8-15)9-19(21(28)26-18)29-13-20(30)27(4)22(29)31/h9,11-12,15,17,25H,7-8,10,13-14H2,1-6,33H3/t17-,24-/m1/s1. The highest BCUT2D eigenvalue weighted by atomic mass is 28.4. The summed E-state index contributed by atoms with van der Waals surface area (Å²) >= 11 is 0. The smallest absolute Gasteiger partial charge is 0.331 e. The molecule has 1 saturated carbocycles. The van der Waals surface area contributed by atoms with E-state index in [2.05, 4.69) is 62.0 Å². The summed E-state index contributed by atoms with van der Waals surface area (Å²) < 4.78 is 8.94. The van der Waals surface area contributed by atoms with Gasteiger partial charge in [0.2, 0.25) is 5.91 Å². The summed E-state index contributed by atoms with van der Waals surface area (Å²) in [6.45, 7) is 12.4. The van der Waals surface area contributed by atoms with Gasteiger partial charge in [-0.25, -0.2) is 9.78 Å². The van der Waals surface area contributed by atoms with Crippen molar-refractivity contribution < 1.29 is 14.0 Å². The van der Waals surface area contributed by atoms with Crippen molar-refractivity contribution in [2.45, 2.75) is 75.4 Å². The number of carbonyl (C=O) groups is 2. The first-order chi connectivity index (χ1) is 15.8. The first-order valence-electron chi connectivity index (χ1n) is 12.3. The van der Waals surface area contributed by atoms with Crippen LogP contribution in [-0.2, 0) is 9.22 Å². The highest BCUT2D eigenvalue weighted by molar-refractivity contribution is 6.74. The molecule has 184 valence electrons. The lowest BCUT2D eigenvalue weighted by atomic mass is 10.1. The number of imide groups is 1. The van der Waals surface area contributed by atoms with Gasteiger partial charge in [0, 0.05) is 36.2 Å². The maximum absolute atomic E-state index is 12.8. The first-order valence-corrected chi connectivity index (χ1v) is 16.2. The number of amides is 3. The summed E-state index contributed by atoms with van der Waals surface area (Å²) in [6.07, 6.45) is 7.47. The number of urea groups is 1. The van der Waals surface area contributed by atoms with Gasteiger partial charge in [-0.15, -0.1) is 0 Å². The summed E-state index contributed by atoms with van der Waals surface area (Å²) in [6, 6.07) is 1.89. The minimum absolute atomic E-state index is 0.0625. The number of nitrogens with one attached hydrogen (secondary N) is 1. The van der Waals surface area contributed by atoms with Crippen LogP contribution in [0.25, 0.3) is 5.65 Å². The van der Waals surface area contributed by atoms with E-state index in [0.717, 1.165) is 53.1 Å². The zero-order chi connectivity index (χ0) is 24.6. The van der Waals surface area contributed by atoms with E-state index in [0.29, 0.717) is 5.92 Å². The van der Waals surface area contributed by atoms with Crippen LogP contribution in [0.5, 0.6) is 0 Å². The highest BCUT2D eigenvalue weighted by Gasteiger charge is 2.46. The van der Waals surface area contributed by atoms with Gasteiger partial charge in [0.05, 0.1) is 22.6 Å². The third kappa shape index (κ3) is 4.04. The summed E-state index contributed by atoms with van der Waals surface area (Å²) in [5.41, 5.74) is 3.64. The summed E-state index contributed by atoms with van der Waals surface area (Å²) in [7, 11) is 0.612. The molecule has 0 unspecified atom stereocenters. The van der Waals surface area contributed by atoms with Crippen molar-refractivity contribution in [2.24, 2.45) is 0 Å². The van der Waals surface area contributed by atoms with Crippen molar-refractivity contribution in [3.05, 3.63) is 29.7 Å². The summed E-state index contributed by atoms with van der Waals surface area (Å²) in [5.74, 6) is 0.338. The molecular weight excluding hydrogens is 462 g/mol. The molecule has 3 amide bonds. The van der Waals surface area contributed by atoms with E-state index in [1.807, 2.05) is 0 Å². The van der Waals surface area contributed by atoms with E-state index in [1.165, 1.54) is 10.5 Å². The first kappa shape index (κ1) is 23.7. The fraction of sp³-hybridized carbons (Fsp3) is 0.625. The van der Waals surface area contributed by atoms with Gasteiger partial charge in [0.15, 0.2) is 14.0 Å². The molecule has 3 aliphatic rings. The van der Waals surface area contributed by atoms with E-state index in [4.69, 9.17) is 9.41 Å². The molecule has 4 heterocycles. The van der Waals surface area contributed by atoms with Gasteiger partial charge in [-0.05, 0) is 54.9 Å². The Morgan fingerprint density at radius 1 is 1.24 bits per heavy atom. The second-order valence-corrected chi connectivity index (χ2v) is 18.6. The lowest BCUT2D eigenvalue weighted by Gasteiger charge is -2.42. The molecule has 3 fully saturated rings. The lowest BCUT2D eigenvalue weighted by molar-refractivity contribution is -0.123. The predicted molar refractivity (Wildman–Crippen MR) is 139 cm³/mol. The van der Waals surface area contributed by atoms with Gasteiger partial charge >= 0.3 is 6.03 Å². The van der Waals surface area contributed by atoms with Crippen molar-refractivity contribution in [2.75, 3.05) is 25.0 Å². The van der Waals surface area contributed by atoms with Crippen LogP contribution >= 0.6 is 0 Å². The number of imidazole rings is 1. The molecule has 1 N–H and O–H groups in total. The Bertz CT molecular complexity index is 1170. The zero-order valence-electron chi connectivity index (χ0n) is 21.4. The largest absolute Gasteiger partial charge is 0.414 e. The fourth-order valence-corrected chi connectivity index (χ4v) is 8.72. The van der Waals surface area contributed by atoms with Gasteiger partial charge < -0.3 is 14.1 Å². The Hall–Kier alpha value is -2.02. The average molecular weight is 500 g/mol. The van der Waals surface area contributed by atoms with Crippen LogP contribution in [0.3, 0.4) is 0 Å². The van der Waals surface area contributed by atoms with Crippen molar-refractivity contribution in [3.63, 3.8) is 0 Å². The van der Waals surface area contributed by atoms with E-state index in [1.54, 1.807) is 11.9 Å². The molecule has 0 spiro atoms. The van der Waals surface area contributed by atoms with Gasteiger partial charge in [-0.2, -0.15) is 0 Å². The van der Waals surface area contributed by atoms with Crippen LogP contribution in [0.2, 0.25) is 18.1 Å². The van der Waals surface area contributed by atoms with Crippen LogP contribution in [0.1, 0.15) is 63.3 Å². The summed E-state index contributed by atoms with van der Waals surface area (Å²) in [5, 5.41) is 3.74. The van der Waals surface area contributed by atoms with E-state index in [-0.39, 0.29) is 34.8 Å². The molecule has 10 heteroatoms. The molecule has 2 aromatic heterocycles. The topological polar surface area (TPSA) is 79.2 Å². The molecule has 8 nitrogen and oxygen atoms in total. The number of anilines is 1. The monoisotopic (exact) mass is 499 g/mol. The number of rotatable bonds is 5. The molecule has 2 saturated heterocycles. The second-order valence-electron chi connectivity index (χ2n) is 12.1. The number of aromatic nitrogens is 2. The van der Waals surface area contributed by atoms with Gasteiger partial charge in [-0.3, -0.25) is 14.6 Å². The maximum Gasteiger partial charge on any atom is 0.331 e. The summed E-state index contributed by atoms with van der Waals surface area (Å²) in [4.78, 5) is 32.8. The van der Waals surface area contributed by atoms with Crippen LogP contribution in [-0.4, -0.2) is 70.1 Å². The van der Waals surface area contributed by atoms with Crippen LogP contribution < -0.4 is 10.2 Å². The second kappa shape index (κ2) is 7.74. The number of likely N-dealkylation sites (N-methyl/N-ethyl adjacent to an activating group) is 1. The van der Waals surface area contributed by atoms with Crippen molar-refractivity contribution in [1.82, 2.24) is 19.6 Å². The molecule has 2 aromatic rings. The molecule has 5 rings (SSSR count). The van der Waals surface area contributed by atoms with E-state index >= 15 is 0 Å². The molecule has 2 aliphatic heterocycles. The minimum Gasteiger partial charge on any atom is -0.414 e. The number of carbonyl (C=O) groups excluding carboxylic acids is 2. The minimum atomic E-state index is -1.88. The lowest BCUT2D eigenvalue weighted by Crippen LogP contribution is -2.51. The number of fused-ring (bicyclic) bond motifs is 1. The van der Waals surface area contributed by atoms with Crippen LogP contribution in [0.4, 0.5) is 10.5 Å². The normalized spacial score (nSPS) is 26.5. The Balaban J connectivity index is 1.47. The van der Waals surface area contributed by atoms with Crippen molar-refractivity contribution >= 4 is 41.8 Å². The third-order valence-corrected chi connectivity index (χ3v) is 14.1. The average Bonchev–Trinajstić information content (AvgIpc) is 3.31. The zero-order valence-corrected chi connectivity index (χ0v) is 24.4. The molecule has 0 radical (unpaired) electrons. The Morgan fingerprint density at radius 3 is 2.53 bits per heavy atom. The van der Waals surface area contributed by atoms with Gasteiger partial charge in [0.1, 0.15) is 6.54 Å². The Morgan fingerprint density at radius 2 is 1.94 bits per heavy atom. The molecule has 34 heavy (non-hydrogen) atoms. The molecule has 1 aliphatic carbocycles. The van der Waals surface area contributed by atoms with Gasteiger partial charge in [0.25, 0.3) is 0 Å². The Labute approximate surface area is 205 Å². The number of nitrogens with zero attached hydrogens (tertiary/aromatic N) is 4. The van der Waals surface area contributed by atoms with Crippen LogP contribution in [0, 0.1) is 0 Å². The number of hydrogen-bond acceptors (Lipinski definition) is 5.